The molecule has 120 valence electrons. The smallest absolute Gasteiger partial charge is 0.410 e. The number of aryl methyl sites for hydroxylation is 1. The van der Waals surface area contributed by atoms with Crippen molar-refractivity contribution in [2.45, 2.75) is 26.9 Å². The maximum atomic E-state index is 12.0. The van der Waals surface area contributed by atoms with Crippen molar-refractivity contribution < 1.29 is 9.53 Å². The lowest BCUT2D eigenvalue weighted by atomic mass is 10.0. The molecule has 3 rings (SSSR count). The molecule has 0 unspecified atom stereocenters. The minimum absolute atomic E-state index is 0.193. The van der Waals surface area contributed by atoms with Crippen molar-refractivity contribution in [1.29, 1.82) is 0 Å². The third-order valence-corrected chi connectivity index (χ3v) is 4.00. The van der Waals surface area contributed by atoms with E-state index in [0.717, 1.165) is 28.1 Å². The third kappa shape index (κ3) is 2.94. The highest BCUT2D eigenvalue weighted by atomic mass is 35.5. The Morgan fingerprint density at radius 3 is 2.87 bits per heavy atom. The molecule has 1 aliphatic rings. The van der Waals surface area contributed by atoms with Crippen molar-refractivity contribution in [3.8, 4) is 11.3 Å². The minimum Gasteiger partial charge on any atom is -0.450 e. The van der Waals surface area contributed by atoms with Crippen molar-refractivity contribution >= 4 is 23.6 Å². The van der Waals surface area contributed by atoms with Gasteiger partial charge in [0.15, 0.2) is 0 Å². The van der Waals surface area contributed by atoms with Crippen LogP contribution in [0.25, 0.3) is 11.3 Å². The van der Waals surface area contributed by atoms with E-state index in [1.807, 2.05) is 25.1 Å². The Labute approximate surface area is 139 Å². The summed E-state index contributed by atoms with van der Waals surface area (Å²) in [6.45, 7) is 4.86. The van der Waals surface area contributed by atoms with Gasteiger partial charge in [0.1, 0.15) is 0 Å². The summed E-state index contributed by atoms with van der Waals surface area (Å²) in [5.41, 5.74) is 10.2. The van der Waals surface area contributed by atoms with E-state index in [1.54, 1.807) is 11.8 Å². The summed E-state index contributed by atoms with van der Waals surface area (Å²) in [5, 5.41) is 0.665. The molecular weight excluding hydrogens is 316 g/mol. The van der Waals surface area contributed by atoms with E-state index in [2.05, 4.69) is 9.97 Å². The molecule has 1 aromatic carbocycles. The van der Waals surface area contributed by atoms with E-state index in [-0.39, 0.29) is 12.0 Å². The average Bonchev–Trinajstić information content (AvgIpc) is 2.91. The van der Waals surface area contributed by atoms with Gasteiger partial charge < -0.3 is 10.5 Å². The van der Waals surface area contributed by atoms with Gasteiger partial charge in [0.05, 0.1) is 31.1 Å². The Kier molecular flexibility index (Phi) is 4.09. The van der Waals surface area contributed by atoms with Gasteiger partial charge in [-0.15, -0.1) is 0 Å². The first-order valence-electron chi connectivity index (χ1n) is 7.33. The molecule has 0 aliphatic carbocycles. The van der Waals surface area contributed by atoms with Crippen molar-refractivity contribution in [1.82, 2.24) is 14.9 Å². The number of amides is 1. The number of carbonyl (C=O) groups excluding carboxylic acids is 1. The predicted molar refractivity (Wildman–Crippen MR) is 87.9 cm³/mol. The van der Waals surface area contributed by atoms with Gasteiger partial charge in [-0.05, 0) is 31.5 Å². The second-order valence-electron chi connectivity index (χ2n) is 5.37. The Morgan fingerprint density at radius 2 is 2.17 bits per heavy atom. The number of hydrogen-bond donors (Lipinski definition) is 1. The molecule has 7 heteroatoms. The number of rotatable bonds is 2. The second-order valence-corrected chi connectivity index (χ2v) is 5.81. The van der Waals surface area contributed by atoms with Gasteiger partial charge in [-0.3, -0.25) is 4.90 Å². The maximum Gasteiger partial charge on any atom is 0.410 e. The van der Waals surface area contributed by atoms with Crippen LogP contribution in [0.2, 0.25) is 5.02 Å². The van der Waals surface area contributed by atoms with Crippen molar-refractivity contribution in [3.63, 3.8) is 0 Å². The monoisotopic (exact) mass is 332 g/mol. The van der Waals surface area contributed by atoms with Crippen LogP contribution in [0, 0.1) is 6.92 Å². The largest absolute Gasteiger partial charge is 0.450 e. The normalized spacial score (nSPS) is 13.1. The van der Waals surface area contributed by atoms with Gasteiger partial charge in [-0.2, -0.15) is 0 Å². The van der Waals surface area contributed by atoms with Gasteiger partial charge >= 0.3 is 6.09 Å². The molecule has 1 amide bonds. The van der Waals surface area contributed by atoms with Crippen LogP contribution >= 0.6 is 11.6 Å². The average molecular weight is 333 g/mol. The molecule has 0 fully saturated rings. The molecule has 2 heterocycles. The molecule has 1 aliphatic heterocycles. The quantitative estimate of drug-likeness (QED) is 0.913. The molecule has 2 N–H and O–H groups in total. The SMILES string of the molecule is CCOC(=O)N1Cc2nc(N)nc(-c3ccc(Cl)cc3C)c2C1. The number of carbonyl (C=O) groups is 1. The lowest BCUT2D eigenvalue weighted by Gasteiger charge is -2.14. The molecule has 0 saturated carbocycles. The molecule has 0 radical (unpaired) electrons. The summed E-state index contributed by atoms with van der Waals surface area (Å²) in [7, 11) is 0. The maximum absolute atomic E-state index is 12.0. The molecule has 0 bridgehead atoms. The Balaban J connectivity index is 2.04. The highest BCUT2D eigenvalue weighted by Gasteiger charge is 2.29. The molecule has 0 atom stereocenters. The van der Waals surface area contributed by atoms with E-state index in [0.29, 0.717) is 24.7 Å². The summed E-state index contributed by atoms with van der Waals surface area (Å²) in [6, 6.07) is 5.60. The van der Waals surface area contributed by atoms with Gasteiger partial charge in [0, 0.05) is 16.1 Å². The van der Waals surface area contributed by atoms with Crippen molar-refractivity contribution in [3.05, 3.63) is 40.0 Å². The number of benzene rings is 1. The minimum atomic E-state index is -0.358. The second kappa shape index (κ2) is 6.04. The fourth-order valence-corrected chi connectivity index (χ4v) is 2.96. The Morgan fingerprint density at radius 1 is 1.39 bits per heavy atom. The van der Waals surface area contributed by atoms with Crippen LogP contribution in [0.5, 0.6) is 0 Å². The molecule has 1 aromatic heterocycles. The topological polar surface area (TPSA) is 81.3 Å². The zero-order chi connectivity index (χ0) is 16.6. The third-order valence-electron chi connectivity index (χ3n) is 3.77. The van der Waals surface area contributed by atoms with Gasteiger partial charge in [0.2, 0.25) is 5.95 Å². The van der Waals surface area contributed by atoms with Crippen LogP contribution in [0.1, 0.15) is 23.7 Å². The van der Waals surface area contributed by atoms with Crippen LogP contribution in [-0.4, -0.2) is 27.6 Å². The number of ether oxygens (including phenoxy) is 1. The van der Waals surface area contributed by atoms with Crippen LogP contribution in [0.15, 0.2) is 18.2 Å². The first kappa shape index (κ1) is 15.6. The fourth-order valence-electron chi connectivity index (χ4n) is 2.73. The summed E-state index contributed by atoms with van der Waals surface area (Å²) in [6.07, 6.45) is -0.358. The highest BCUT2D eigenvalue weighted by molar-refractivity contribution is 6.30. The summed E-state index contributed by atoms with van der Waals surface area (Å²) >= 11 is 6.03. The van der Waals surface area contributed by atoms with E-state index in [1.165, 1.54) is 0 Å². The van der Waals surface area contributed by atoms with E-state index in [9.17, 15) is 4.79 Å². The summed E-state index contributed by atoms with van der Waals surface area (Å²) < 4.78 is 5.06. The molecule has 0 saturated heterocycles. The highest BCUT2D eigenvalue weighted by Crippen LogP contribution is 2.33. The summed E-state index contributed by atoms with van der Waals surface area (Å²) in [4.78, 5) is 22.2. The van der Waals surface area contributed by atoms with Gasteiger partial charge in [-0.1, -0.05) is 17.7 Å². The fraction of sp³-hybridized carbons (Fsp3) is 0.312. The number of halogens is 1. The number of nitrogens with two attached hydrogens (primary N) is 1. The number of anilines is 1. The van der Waals surface area contributed by atoms with Gasteiger partial charge in [0.25, 0.3) is 0 Å². The van der Waals surface area contributed by atoms with Crippen molar-refractivity contribution in [2.24, 2.45) is 0 Å². The molecule has 2 aromatic rings. The lowest BCUT2D eigenvalue weighted by Crippen LogP contribution is -2.26. The van der Waals surface area contributed by atoms with Gasteiger partial charge in [-0.25, -0.2) is 14.8 Å². The predicted octanol–water partition coefficient (Wildman–Crippen LogP) is 3.16. The molecule has 0 spiro atoms. The Hall–Kier alpha value is -2.34. The lowest BCUT2D eigenvalue weighted by molar-refractivity contribution is 0.106. The van der Waals surface area contributed by atoms with Crippen molar-refractivity contribution in [2.75, 3.05) is 12.3 Å². The molecule has 23 heavy (non-hydrogen) atoms. The van der Waals surface area contributed by atoms with Crippen LogP contribution in [0.4, 0.5) is 10.7 Å². The number of nitrogen functional groups attached to an aromatic ring is 1. The van der Waals surface area contributed by atoms with E-state index in [4.69, 9.17) is 22.1 Å². The first-order chi connectivity index (χ1) is 11.0. The van der Waals surface area contributed by atoms with Crippen LogP contribution < -0.4 is 5.73 Å². The summed E-state index contributed by atoms with van der Waals surface area (Å²) in [5.74, 6) is 0.193. The standard InChI is InChI=1S/C16H17ClN4O2/c1-3-23-16(22)21-7-12-13(8-21)19-15(18)20-14(12)11-5-4-10(17)6-9(11)2/h4-6H,3,7-8H2,1-2H3,(H2,18,19,20). The van der Waals surface area contributed by atoms with Crippen LogP contribution in [-0.2, 0) is 17.8 Å². The molecule has 6 nitrogen and oxygen atoms in total. The van der Waals surface area contributed by atoms with E-state index < -0.39 is 0 Å². The number of nitrogens with zero attached hydrogens (tertiary/aromatic N) is 3. The molecular formula is C16H17ClN4O2. The zero-order valence-electron chi connectivity index (χ0n) is 13.0. The van der Waals surface area contributed by atoms with E-state index >= 15 is 0 Å². The number of hydrogen-bond acceptors (Lipinski definition) is 5. The Bertz CT molecular complexity index is 779. The number of fused-ring (bicyclic) bond motifs is 1. The number of aromatic nitrogens is 2. The zero-order valence-corrected chi connectivity index (χ0v) is 13.7. The van der Waals surface area contributed by atoms with Crippen LogP contribution in [0.3, 0.4) is 0 Å². The first-order valence-corrected chi connectivity index (χ1v) is 7.71.